The Labute approximate surface area is 278 Å². The van der Waals surface area contributed by atoms with Crippen LogP contribution in [-0.2, 0) is 36.8 Å². The number of hydrogen-bond donors (Lipinski definition) is 10. The molecule has 0 aliphatic carbocycles. The predicted octanol–water partition coefficient (Wildman–Crippen LogP) is 0.578. The van der Waals surface area contributed by atoms with Crippen molar-refractivity contribution in [3.8, 4) is 0 Å². The largest absolute Gasteiger partial charge is 0.480 e. The molecule has 2 aromatic carbocycles. The smallest absolute Gasteiger partial charge is 0.326 e. The first-order valence-electron chi connectivity index (χ1n) is 15.3. The van der Waals surface area contributed by atoms with Gasteiger partial charge in [0.2, 0.25) is 11.8 Å². The van der Waals surface area contributed by atoms with Crippen molar-refractivity contribution in [3.63, 3.8) is 0 Å². The Morgan fingerprint density at radius 3 is 1.75 bits per heavy atom. The number of amides is 2. The van der Waals surface area contributed by atoms with Gasteiger partial charge in [-0.15, -0.1) is 0 Å². The van der Waals surface area contributed by atoms with E-state index in [9.17, 15) is 29.1 Å². The van der Waals surface area contributed by atoms with Gasteiger partial charge in [0.25, 0.3) is 0 Å². The lowest BCUT2D eigenvalue weighted by Crippen LogP contribution is -2.52. The van der Waals surface area contributed by atoms with E-state index in [0.29, 0.717) is 12.8 Å². The SMILES string of the molecule is CC(C)C[C@H](NC(=O)[C@@H](N)[C@@H](C)O)C(=O)O.C[C@H](N)C(=O)O.N[C@@H](Cc1ccccc1)C(=O)N[C@@H](Cc1c[nH]c2ccccc12)C(=O)O. The molecule has 0 fully saturated rings. The van der Waals surface area contributed by atoms with E-state index in [0.717, 1.165) is 22.0 Å². The summed E-state index contributed by atoms with van der Waals surface area (Å²) in [6, 6.07) is 12.4. The van der Waals surface area contributed by atoms with Gasteiger partial charge in [0.05, 0.1) is 12.1 Å². The van der Waals surface area contributed by atoms with Crippen molar-refractivity contribution in [2.24, 2.45) is 23.1 Å². The molecule has 1 aromatic heterocycles. The van der Waals surface area contributed by atoms with Crippen LogP contribution in [0.3, 0.4) is 0 Å². The van der Waals surface area contributed by atoms with E-state index in [2.05, 4.69) is 15.6 Å². The molecule has 2 amide bonds. The number of aromatic amines is 1. The monoisotopic (exact) mass is 672 g/mol. The summed E-state index contributed by atoms with van der Waals surface area (Å²) < 4.78 is 0. The molecule has 0 spiro atoms. The molecule has 1 heterocycles. The lowest BCUT2D eigenvalue weighted by Gasteiger charge is -2.20. The molecule has 6 atom stereocenters. The van der Waals surface area contributed by atoms with Crippen molar-refractivity contribution < 1.29 is 44.4 Å². The fourth-order valence-corrected chi connectivity index (χ4v) is 4.14. The van der Waals surface area contributed by atoms with Crippen LogP contribution in [0.1, 0.15) is 45.2 Å². The van der Waals surface area contributed by atoms with Gasteiger partial charge in [0.1, 0.15) is 24.2 Å². The standard InChI is InChI=1S/C20H21N3O3.C10H20N2O4.C3H7NO2/c21-16(10-13-6-2-1-3-7-13)19(24)23-18(20(25)26)11-14-12-22-17-9-5-4-8-15(14)17;1-5(2)4-7(10(15)16)12-9(14)8(11)6(3)13;1-2(4)3(5)6/h1-9,12,16,18,22H,10-11,21H2,(H,23,24)(H,25,26);5-8,13H,4,11H2,1-3H3,(H,12,14)(H,15,16);2H,4H2,1H3,(H,5,6)/t16-,18-;6-,7+,8+;2-/m010/s1. The molecular formula is C33H48N6O9. The summed E-state index contributed by atoms with van der Waals surface area (Å²) in [5.41, 5.74) is 18.9. The number of H-pyrrole nitrogens is 1. The number of aliphatic carboxylic acids is 3. The van der Waals surface area contributed by atoms with Crippen LogP contribution in [0, 0.1) is 5.92 Å². The zero-order valence-electron chi connectivity index (χ0n) is 27.5. The number of carboxylic acids is 3. The molecule has 48 heavy (non-hydrogen) atoms. The van der Waals surface area contributed by atoms with Gasteiger partial charge < -0.3 is 53.2 Å². The Hall–Kier alpha value is -4.83. The summed E-state index contributed by atoms with van der Waals surface area (Å²) in [6.45, 7) is 6.51. The number of aliphatic hydroxyl groups excluding tert-OH is 1. The average molecular weight is 673 g/mol. The fourth-order valence-electron chi connectivity index (χ4n) is 4.14. The van der Waals surface area contributed by atoms with Crippen LogP contribution in [0.15, 0.2) is 60.8 Å². The van der Waals surface area contributed by atoms with Crippen molar-refractivity contribution in [1.29, 1.82) is 0 Å². The number of benzene rings is 2. The van der Waals surface area contributed by atoms with Crippen molar-refractivity contribution in [2.45, 2.75) is 83.3 Å². The molecule has 13 N–H and O–H groups in total. The highest BCUT2D eigenvalue weighted by atomic mass is 16.4. The maximum atomic E-state index is 12.3. The highest BCUT2D eigenvalue weighted by Crippen LogP contribution is 2.19. The van der Waals surface area contributed by atoms with Crippen molar-refractivity contribution in [2.75, 3.05) is 0 Å². The number of nitrogens with two attached hydrogens (primary N) is 3. The van der Waals surface area contributed by atoms with Crippen LogP contribution in [0.4, 0.5) is 0 Å². The Morgan fingerprint density at radius 1 is 0.729 bits per heavy atom. The van der Waals surface area contributed by atoms with Gasteiger partial charge in [-0.1, -0.05) is 62.4 Å². The number of nitrogens with one attached hydrogen (secondary N) is 3. The molecule has 0 aliphatic rings. The van der Waals surface area contributed by atoms with Gasteiger partial charge in [0.15, 0.2) is 0 Å². The molecule has 3 rings (SSSR count). The fraction of sp³-hybridized carbons (Fsp3) is 0.424. The van der Waals surface area contributed by atoms with E-state index in [1.54, 1.807) is 6.20 Å². The zero-order chi connectivity index (χ0) is 36.6. The minimum absolute atomic E-state index is 0.143. The van der Waals surface area contributed by atoms with Gasteiger partial charge in [-0.2, -0.15) is 0 Å². The lowest BCUT2D eigenvalue weighted by atomic mass is 10.0. The number of rotatable bonds is 14. The molecule has 0 radical (unpaired) electrons. The number of carbonyl (C=O) groups is 5. The van der Waals surface area contributed by atoms with E-state index in [1.807, 2.05) is 68.4 Å². The minimum atomic E-state index is -1.10. The summed E-state index contributed by atoms with van der Waals surface area (Å²) in [7, 11) is 0. The third-order valence-corrected chi connectivity index (χ3v) is 6.88. The molecule has 3 aromatic rings. The second kappa shape index (κ2) is 20.4. The Morgan fingerprint density at radius 2 is 1.25 bits per heavy atom. The van der Waals surface area contributed by atoms with Crippen LogP contribution >= 0.6 is 0 Å². The normalized spacial score (nSPS) is 14.4. The number of carboxylic acid groups (broad SMARTS) is 3. The molecule has 15 heteroatoms. The summed E-state index contributed by atoms with van der Waals surface area (Å²) in [5.74, 6) is -4.13. The van der Waals surface area contributed by atoms with Crippen LogP contribution in [-0.4, -0.2) is 91.4 Å². The predicted molar refractivity (Wildman–Crippen MR) is 180 cm³/mol. The molecule has 15 nitrogen and oxygen atoms in total. The van der Waals surface area contributed by atoms with Crippen molar-refractivity contribution in [3.05, 3.63) is 71.9 Å². The van der Waals surface area contributed by atoms with Crippen LogP contribution in [0.5, 0.6) is 0 Å². The van der Waals surface area contributed by atoms with Crippen LogP contribution in [0.2, 0.25) is 0 Å². The van der Waals surface area contributed by atoms with Crippen molar-refractivity contribution >= 4 is 40.6 Å². The first kappa shape index (κ1) is 41.2. The third kappa shape index (κ3) is 14.7. The van der Waals surface area contributed by atoms with Crippen LogP contribution < -0.4 is 27.8 Å². The molecule has 0 saturated carbocycles. The Bertz CT molecular complexity index is 1480. The van der Waals surface area contributed by atoms with E-state index in [1.165, 1.54) is 13.8 Å². The highest BCUT2D eigenvalue weighted by molar-refractivity contribution is 5.89. The van der Waals surface area contributed by atoms with E-state index >= 15 is 0 Å². The summed E-state index contributed by atoms with van der Waals surface area (Å²) >= 11 is 0. The number of carbonyl (C=O) groups excluding carboxylic acids is 2. The van der Waals surface area contributed by atoms with Gasteiger partial charge >= 0.3 is 17.9 Å². The number of fused-ring (bicyclic) bond motifs is 1. The van der Waals surface area contributed by atoms with Gasteiger partial charge in [-0.25, -0.2) is 9.59 Å². The molecular weight excluding hydrogens is 624 g/mol. The second-order valence-electron chi connectivity index (χ2n) is 11.7. The Kier molecular flexibility index (Phi) is 17.5. The number of hydrogen-bond acceptors (Lipinski definition) is 9. The molecule has 0 unspecified atom stereocenters. The Balaban J connectivity index is 0.000000447. The maximum absolute atomic E-state index is 12.3. The summed E-state index contributed by atoms with van der Waals surface area (Å²) in [4.78, 5) is 58.9. The van der Waals surface area contributed by atoms with Gasteiger partial charge in [0, 0.05) is 23.5 Å². The third-order valence-electron chi connectivity index (χ3n) is 6.88. The number of aromatic nitrogens is 1. The molecule has 0 aliphatic heterocycles. The topological polar surface area (TPSA) is 284 Å². The summed E-state index contributed by atoms with van der Waals surface area (Å²) in [5, 5.41) is 41.1. The van der Waals surface area contributed by atoms with E-state index < -0.39 is 66.0 Å². The number of aliphatic hydroxyl groups is 1. The van der Waals surface area contributed by atoms with Gasteiger partial charge in [-0.3, -0.25) is 14.4 Å². The first-order valence-corrected chi connectivity index (χ1v) is 15.3. The van der Waals surface area contributed by atoms with E-state index in [-0.39, 0.29) is 12.3 Å². The second-order valence-corrected chi connectivity index (χ2v) is 11.7. The first-order chi connectivity index (χ1) is 22.4. The quantitative estimate of drug-likeness (QED) is 0.113. The molecule has 0 bridgehead atoms. The maximum Gasteiger partial charge on any atom is 0.326 e. The minimum Gasteiger partial charge on any atom is -0.480 e. The lowest BCUT2D eigenvalue weighted by molar-refractivity contribution is -0.143. The molecule has 0 saturated heterocycles. The van der Waals surface area contributed by atoms with Crippen molar-refractivity contribution in [1.82, 2.24) is 15.6 Å². The summed E-state index contributed by atoms with van der Waals surface area (Å²) in [6.07, 6.45) is 1.63. The highest BCUT2D eigenvalue weighted by Gasteiger charge is 2.26. The average Bonchev–Trinajstić information content (AvgIpc) is 3.43. The zero-order valence-corrected chi connectivity index (χ0v) is 27.5. The van der Waals surface area contributed by atoms with Gasteiger partial charge in [-0.05, 0) is 49.8 Å². The van der Waals surface area contributed by atoms with E-state index in [4.69, 9.17) is 32.5 Å². The molecule has 264 valence electrons. The number of para-hydroxylation sites is 1. The van der Waals surface area contributed by atoms with Crippen LogP contribution in [0.25, 0.3) is 10.9 Å².